The van der Waals surface area contributed by atoms with Crippen LogP contribution >= 0.6 is 0 Å². The molecule has 174 valence electrons. The van der Waals surface area contributed by atoms with Crippen molar-refractivity contribution in [2.45, 2.75) is 59.0 Å². The van der Waals surface area contributed by atoms with Gasteiger partial charge in [-0.3, -0.25) is 9.59 Å². The van der Waals surface area contributed by atoms with Gasteiger partial charge in [0.25, 0.3) is 0 Å². The Labute approximate surface area is 184 Å². The van der Waals surface area contributed by atoms with Crippen LogP contribution in [0.2, 0.25) is 0 Å². The Bertz CT molecular complexity index is 763. The van der Waals surface area contributed by atoms with Crippen LogP contribution in [0.3, 0.4) is 0 Å². The third-order valence-corrected chi connectivity index (χ3v) is 8.62. The standard InChI is InChI=1S/C24H37NO6/c1-14-15(12-20(28)31-11-10-25-4)6-7-16-21(14)17(26)13-18-23(16,2)9-8-19(27)24(18,3)22(29)30-5/h12,14,16,18-19,21,25,27H,6-11,13H2,1-5H3/b15-12+/t14-,16-,18+,19?,21-,23+,24+/m0/s1. The van der Waals surface area contributed by atoms with Gasteiger partial charge in [0.1, 0.15) is 12.4 Å². The molecule has 0 heterocycles. The lowest BCUT2D eigenvalue weighted by Crippen LogP contribution is -2.63. The van der Waals surface area contributed by atoms with Crippen molar-refractivity contribution in [3.05, 3.63) is 11.6 Å². The average molecular weight is 436 g/mol. The highest BCUT2D eigenvalue weighted by Gasteiger charge is 2.65. The van der Waals surface area contributed by atoms with Crippen molar-refractivity contribution in [2.75, 3.05) is 27.3 Å². The summed E-state index contributed by atoms with van der Waals surface area (Å²) in [4.78, 5) is 38.4. The van der Waals surface area contributed by atoms with Gasteiger partial charge in [-0.25, -0.2) is 4.79 Å². The molecular weight excluding hydrogens is 398 g/mol. The number of esters is 2. The number of aliphatic hydroxyl groups excluding tert-OH is 1. The molecule has 0 radical (unpaired) electrons. The molecule has 31 heavy (non-hydrogen) atoms. The molecule has 3 aliphatic rings. The lowest BCUT2D eigenvalue weighted by Gasteiger charge is -2.61. The van der Waals surface area contributed by atoms with Gasteiger partial charge in [0.05, 0.1) is 18.6 Å². The first-order valence-electron chi connectivity index (χ1n) is 11.4. The zero-order chi connectivity index (χ0) is 23.0. The van der Waals surface area contributed by atoms with Crippen LogP contribution in [0.1, 0.15) is 52.9 Å². The minimum Gasteiger partial charge on any atom is -0.469 e. The summed E-state index contributed by atoms with van der Waals surface area (Å²) >= 11 is 0. The molecule has 0 aromatic carbocycles. The van der Waals surface area contributed by atoms with E-state index in [-0.39, 0.29) is 47.3 Å². The molecule has 7 heteroatoms. The molecule has 3 fully saturated rings. The van der Waals surface area contributed by atoms with Crippen LogP contribution in [-0.4, -0.2) is 56.2 Å². The number of Topliss-reactive ketones (excluding diaryl/α,β-unsaturated/α-hetero) is 1. The highest BCUT2D eigenvalue weighted by molar-refractivity contribution is 5.87. The molecule has 7 nitrogen and oxygen atoms in total. The monoisotopic (exact) mass is 435 g/mol. The summed E-state index contributed by atoms with van der Waals surface area (Å²) in [6, 6.07) is 0. The van der Waals surface area contributed by atoms with Crippen LogP contribution in [0, 0.1) is 34.5 Å². The van der Waals surface area contributed by atoms with Crippen LogP contribution in [0.15, 0.2) is 11.6 Å². The molecule has 0 bridgehead atoms. The normalized spacial score (nSPS) is 41.3. The largest absolute Gasteiger partial charge is 0.469 e. The Kier molecular flexibility index (Phi) is 6.96. The first-order chi connectivity index (χ1) is 14.6. The van der Waals surface area contributed by atoms with Gasteiger partial charge in [-0.05, 0) is 62.8 Å². The van der Waals surface area contributed by atoms with Crippen molar-refractivity contribution in [1.82, 2.24) is 5.32 Å². The maximum atomic E-state index is 13.4. The average Bonchev–Trinajstić information content (AvgIpc) is 2.74. The maximum Gasteiger partial charge on any atom is 0.330 e. The number of hydrogen-bond acceptors (Lipinski definition) is 7. The second-order valence-electron chi connectivity index (χ2n) is 10.0. The molecule has 0 aliphatic heterocycles. The predicted molar refractivity (Wildman–Crippen MR) is 115 cm³/mol. The summed E-state index contributed by atoms with van der Waals surface area (Å²) in [5, 5.41) is 13.7. The fraction of sp³-hybridized carbons (Fsp3) is 0.792. The number of nitrogens with one attached hydrogen (secondary N) is 1. The highest BCUT2D eigenvalue weighted by Crippen LogP contribution is 2.64. The molecule has 7 atom stereocenters. The van der Waals surface area contributed by atoms with Crippen molar-refractivity contribution in [3.63, 3.8) is 0 Å². The lowest BCUT2D eigenvalue weighted by molar-refractivity contribution is -0.197. The summed E-state index contributed by atoms with van der Waals surface area (Å²) < 4.78 is 10.3. The molecule has 0 amide bonds. The minimum atomic E-state index is -1.08. The fourth-order valence-electron chi connectivity index (χ4n) is 6.77. The van der Waals surface area contributed by atoms with E-state index < -0.39 is 17.5 Å². The van der Waals surface area contributed by atoms with Crippen LogP contribution in [-0.2, 0) is 23.9 Å². The van der Waals surface area contributed by atoms with E-state index in [2.05, 4.69) is 12.2 Å². The first kappa shape index (κ1) is 23.9. The molecule has 3 aliphatic carbocycles. The minimum absolute atomic E-state index is 0.0443. The molecule has 3 saturated carbocycles. The summed E-state index contributed by atoms with van der Waals surface area (Å²) in [6.45, 7) is 6.88. The number of carbonyl (C=O) groups is 3. The number of carbonyl (C=O) groups excluding carboxylic acids is 3. The summed E-state index contributed by atoms with van der Waals surface area (Å²) in [5.41, 5.74) is -0.357. The van der Waals surface area contributed by atoms with E-state index in [4.69, 9.17) is 9.47 Å². The van der Waals surface area contributed by atoms with E-state index in [0.717, 1.165) is 24.8 Å². The number of allylic oxidation sites excluding steroid dienone is 1. The smallest absolute Gasteiger partial charge is 0.330 e. The van der Waals surface area contributed by atoms with E-state index in [1.54, 1.807) is 20.0 Å². The van der Waals surface area contributed by atoms with Gasteiger partial charge < -0.3 is 19.9 Å². The SMILES string of the molecule is CNCCOC(=O)/C=C1\CC[C@H]2[C@@H](C(=O)C[C@@H]3[C@]2(C)CCC(O)[C@]3(C)C(=O)OC)[C@H]1C. The van der Waals surface area contributed by atoms with Crippen molar-refractivity contribution in [3.8, 4) is 0 Å². The van der Waals surface area contributed by atoms with Gasteiger partial charge in [-0.15, -0.1) is 0 Å². The van der Waals surface area contributed by atoms with Crippen LogP contribution < -0.4 is 5.32 Å². The lowest BCUT2D eigenvalue weighted by atomic mass is 9.42. The predicted octanol–water partition coefficient (Wildman–Crippen LogP) is 2.27. The van der Waals surface area contributed by atoms with Crippen LogP contribution in [0.4, 0.5) is 0 Å². The Balaban J connectivity index is 1.87. The molecular formula is C24H37NO6. The van der Waals surface area contributed by atoms with Crippen molar-refractivity contribution < 1.29 is 29.0 Å². The molecule has 0 aromatic heterocycles. The zero-order valence-electron chi connectivity index (χ0n) is 19.4. The van der Waals surface area contributed by atoms with E-state index in [1.807, 2.05) is 6.92 Å². The summed E-state index contributed by atoms with van der Waals surface area (Å²) in [6.07, 6.45) is 3.83. The first-order valence-corrected chi connectivity index (χ1v) is 11.4. The van der Waals surface area contributed by atoms with Crippen molar-refractivity contribution in [1.29, 1.82) is 0 Å². The van der Waals surface area contributed by atoms with Gasteiger partial charge in [0, 0.05) is 25.0 Å². The molecule has 0 spiro atoms. The Morgan fingerprint density at radius 3 is 2.65 bits per heavy atom. The van der Waals surface area contributed by atoms with Crippen LogP contribution in [0.25, 0.3) is 0 Å². The van der Waals surface area contributed by atoms with E-state index in [0.29, 0.717) is 19.6 Å². The number of fused-ring (bicyclic) bond motifs is 3. The fourth-order valence-corrected chi connectivity index (χ4v) is 6.77. The van der Waals surface area contributed by atoms with Crippen molar-refractivity contribution in [2.24, 2.45) is 34.5 Å². The number of ether oxygens (including phenoxy) is 2. The van der Waals surface area contributed by atoms with Crippen molar-refractivity contribution >= 4 is 17.7 Å². The van der Waals surface area contributed by atoms with Gasteiger partial charge >= 0.3 is 11.9 Å². The molecule has 3 rings (SSSR count). The number of aliphatic hydroxyl groups is 1. The van der Waals surface area contributed by atoms with E-state index in [1.165, 1.54) is 7.11 Å². The Morgan fingerprint density at radius 2 is 2.00 bits per heavy atom. The second-order valence-corrected chi connectivity index (χ2v) is 10.0. The number of methoxy groups -OCH3 is 1. The van der Waals surface area contributed by atoms with E-state index >= 15 is 0 Å². The van der Waals surface area contributed by atoms with Crippen LogP contribution in [0.5, 0.6) is 0 Å². The number of ketones is 1. The quantitative estimate of drug-likeness (QED) is 0.388. The molecule has 0 aromatic rings. The second kappa shape index (κ2) is 9.02. The molecule has 2 N–H and O–H groups in total. The zero-order valence-corrected chi connectivity index (χ0v) is 19.4. The van der Waals surface area contributed by atoms with Gasteiger partial charge in [0.2, 0.25) is 0 Å². The van der Waals surface area contributed by atoms with E-state index in [9.17, 15) is 19.5 Å². The summed E-state index contributed by atoms with van der Waals surface area (Å²) in [5.74, 6) is -1.03. The topological polar surface area (TPSA) is 102 Å². The van der Waals surface area contributed by atoms with Gasteiger partial charge in [-0.2, -0.15) is 0 Å². The number of likely N-dealkylation sites (N-methyl/N-ethyl adjacent to an activating group) is 1. The maximum absolute atomic E-state index is 13.4. The van der Waals surface area contributed by atoms with Gasteiger partial charge in [0.15, 0.2) is 0 Å². The molecule has 0 saturated heterocycles. The summed E-state index contributed by atoms with van der Waals surface area (Å²) in [7, 11) is 3.14. The Morgan fingerprint density at radius 1 is 1.29 bits per heavy atom. The Hall–Kier alpha value is -1.73. The third kappa shape index (κ3) is 3.95. The third-order valence-electron chi connectivity index (χ3n) is 8.62. The van der Waals surface area contributed by atoms with Gasteiger partial charge in [-0.1, -0.05) is 19.4 Å². The number of hydrogen-bond donors (Lipinski definition) is 2. The number of rotatable bonds is 5. The molecule has 1 unspecified atom stereocenters. The highest BCUT2D eigenvalue weighted by atomic mass is 16.5.